The summed E-state index contributed by atoms with van der Waals surface area (Å²) in [7, 11) is 0. The van der Waals surface area contributed by atoms with E-state index in [0.717, 1.165) is 17.6 Å². The maximum Gasteiger partial charge on any atom is 0.272 e. The predicted octanol–water partition coefficient (Wildman–Crippen LogP) is 2.15. The molecule has 1 amide bonds. The molecule has 0 aliphatic carbocycles. The Labute approximate surface area is 175 Å². The molecular weight excluding hydrogens is 378 g/mol. The molecule has 7 heteroatoms. The number of aryl methyl sites for hydroxylation is 1. The number of benzene rings is 1. The second-order valence-corrected chi connectivity index (χ2v) is 7.30. The van der Waals surface area contributed by atoms with Crippen molar-refractivity contribution in [1.82, 2.24) is 10.3 Å². The van der Waals surface area contributed by atoms with Crippen molar-refractivity contribution in [2.24, 2.45) is 10.7 Å². The van der Waals surface area contributed by atoms with E-state index < -0.39 is 0 Å². The number of rotatable bonds is 8. The summed E-state index contributed by atoms with van der Waals surface area (Å²) in [6, 6.07) is 11.7. The highest BCUT2D eigenvalue weighted by molar-refractivity contribution is 6.25. The predicted molar refractivity (Wildman–Crippen MR) is 122 cm³/mol. The minimum atomic E-state index is -0.231. The molecule has 5 N–H and O–H groups in total. The molecule has 3 rings (SSSR count). The van der Waals surface area contributed by atoms with Gasteiger partial charge in [-0.1, -0.05) is 36.9 Å². The van der Waals surface area contributed by atoms with Crippen LogP contribution in [0.25, 0.3) is 5.57 Å². The Morgan fingerprint density at radius 3 is 2.73 bits per heavy atom. The molecular formula is C23H27N5O2. The average molecular weight is 406 g/mol. The van der Waals surface area contributed by atoms with E-state index in [9.17, 15) is 9.59 Å². The molecule has 0 bridgehead atoms. The lowest BCUT2D eigenvalue weighted by Gasteiger charge is -2.26. The van der Waals surface area contributed by atoms with E-state index in [1.807, 2.05) is 50.2 Å². The third-order valence-electron chi connectivity index (χ3n) is 5.14. The Balaban J connectivity index is 2.03. The van der Waals surface area contributed by atoms with Crippen LogP contribution in [0.2, 0.25) is 0 Å². The van der Waals surface area contributed by atoms with Crippen molar-refractivity contribution in [3.05, 3.63) is 81.3 Å². The Morgan fingerprint density at radius 1 is 1.30 bits per heavy atom. The third-order valence-corrected chi connectivity index (χ3v) is 5.14. The molecule has 1 aliphatic rings. The fourth-order valence-corrected chi connectivity index (χ4v) is 3.60. The number of nitrogens with zero attached hydrogens (tertiary/aromatic N) is 1. The zero-order chi connectivity index (χ0) is 21.7. The number of H-pyrrole nitrogens is 1. The Kier molecular flexibility index (Phi) is 6.51. The molecule has 0 saturated heterocycles. The zero-order valence-electron chi connectivity index (χ0n) is 17.3. The van der Waals surface area contributed by atoms with Crippen LogP contribution in [0.15, 0.2) is 63.9 Å². The summed E-state index contributed by atoms with van der Waals surface area (Å²) >= 11 is 0. The van der Waals surface area contributed by atoms with Crippen molar-refractivity contribution >= 4 is 23.5 Å². The average Bonchev–Trinajstić information content (AvgIpc) is 2.71. The van der Waals surface area contributed by atoms with Crippen LogP contribution in [0.4, 0.5) is 5.69 Å². The highest BCUT2D eigenvalue weighted by atomic mass is 16.1. The number of carbonyl (C=O) groups is 1. The third kappa shape index (κ3) is 4.51. The summed E-state index contributed by atoms with van der Waals surface area (Å²) in [5.74, 6) is 0.328. The molecule has 2 aromatic rings. The molecule has 1 aliphatic heterocycles. The van der Waals surface area contributed by atoms with Gasteiger partial charge < -0.3 is 21.4 Å². The number of hydrogen-bond donors (Lipinski definition) is 4. The number of aliphatic imine (C=N–C) groups is 1. The summed E-state index contributed by atoms with van der Waals surface area (Å²) in [4.78, 5) is 31.1. The van der Waals surface area contributed by atoms with Gasteiger partial charge in [0.25, 0.3) is 5.56 Å². The lowest BCUT2D eigenvalue weighted by atomic mass is 9.88. The molecule has 2 heterocycles. The topological polar surface area (TPSA) is 112 Å². The van der Waals surface area contributed by atoms with Gasteiger partial charge in [-0.25, -0.2) is 0 Å². The summed E-state index contributed by atoms with van der Waals surface area (Å²) in [6.07, 6.45) is 1.39. The van der Waals surface area contributed by atoms with Crippen molar-refractivity contribution in [1.29, 1.82) is 0 Å². The normalized spacial score (nSPS) is 16.3. The standard InChI is InChI=1S/C23H27N5O2/c1-14-11-18(20-19(12-25-13-29)15(2)16(3)28-22(20)24)21(23(30)27-14)26-10-9-17-7-5-4-6-8-17/h4-8,11,13,16,26H,2,9-10,12H2,1,3H3,(H2,24,28)(H,25,29)(H,27,30). The number of aromatic nitrogens is 1. The van der Waals surface area contributed by atoms with E-state index in [1.54, 1.807) is 0 Å². The smallest absolute Gasteiger partial charge is 0.272 e. The lowest BCUT2D eigenvalue weighted by Crippen LogP contribution is -2.31. The Bertz CT molecular complexity index is 1070. The number of aromatic amines is 1. The summed E-state index contributed by atoms with van der Waals surface area (Å²) in [5.41, 5.74) is 11.2. The van der Waals surface area contributed by atoms with Gasteiger partial charge in [-0.05, 0) is 43.0 Å². The van der Waals surface area contributed by atoms with Crippen molar-refractivity contribution in [3.63, 3.8) is 0 Å². The van der Waals surface area contributed by atoms with Gasteiger partial charge in [-0.2, -0.15) is 0 Å². The number of amidine groups is 1. The molecule has 1 atom stereocenters. The van der Waals surface area contributed by atoms with Crippen LogP contribution in [-0.4, -0.2) is 36.4 Å². The fraction of sp³-hybridized carbons (Fsp3) is 0.261. The van der Waals surface area contributed by atoms with Gasteiger partial charge in [0, 0.05) is 29.9 Å². The molecule has 1 aromatic heterocycles. The molecule has 0 radical (unpaired) electrons. The quantitative estimate of drug-likeness (QED) is 0.504. The van der Waals surface area contributed by atoms with Gasteiger partial charge in [0.15, 0.2) is 0 Å². The van der Waals surface area contributed by atoms with Crippen molar-refractivity contribution in [3.8, 4) is 0 Å². The fourth-order valence-electron chi connectivity index (χ4n) is 3.60. The van der Waals surface area contributed by atoms with E-state index >= 15 is 0 Å². The number of nitrogens with two attached hydrogens (primary N) is 1. The maximum atomic E-state index is 12.8. The van der Waals surface area contributed by atoms with Crippen LogP contribution in [0, 0.1) is 6.92 Å². The molecule has 0 saturated carbocycles. The van der Waals surface area contributed by atoms with E-state index in [1.165, 1.54) is 5.56 Å². The second kappa shape index (κ2) is 9.26. The van der Waals surface area contributed by atoms with Gasteiger partial charge in [0.05, 0.1) is 6.04 Å². The number of carbonyl (C=O) groups excluding carboxylic acids is 1. The molecule has 0 fully saturated rings. The van der Waals surface area contributed by atoms with Gasteiger partial charge in [0.2, 0.25) is 6.41 Å². The van der Waals surface area contributed by atoms with E-state index in [-0.39, 0.29) is 18.1 Å². The molecule has 30 heavy (non-hydrogen) atoms. The van der Waals surface area contributed by atoms with Crippen LogP contribution in [0.3, 0.4) is 0 Å². The summed E-state index contributed by atoms with van der Waals surface area (Å²) < 4.78 is 0. The van der Waals surface area contributed by atoms with Gasteiger partial charge >= 0.3 is 0 Å². The number of anilines is 1. The van der Waals surface area contributed by atoms with Crippen molar-refractivity contribution < 1.29 is 4.79 Å². The first-order chi connectivity index (χ1) is 14.4. The van der Waals surface area contributed by atoms with Crippen LogP contribution in [0.5, 0.6) is 0 Å². The van der Waals surface area contributed by atoms with Gasteiger partial charge in [0.1, 0.15) is 11.5 Å². The first-order valence-electron chi connectivity index (χ1n) is 9.87. The van der Waals surface area contributed by atoms with E-state index in [0.29, 0.717) is 41.3 Å². The minimum absolute atomic E-state index is 0.199. The summed E-state index contributed by atoms with van der Waals surface area (Å²) in [5, 5.41) is 5.96. The van der Waals surface area contributed by atoms with Crippen LogP contribution < -0.4 is 21.9 Å². The molecule has 156 valence electrons. The molecule has 1 unspecified atom stereocenters. The molecule has 0 spiro atoms. The van der Waals surface area contributed by atoms with E-state index in [4.69, 9.17) is 5.73 Å². The zero-order valence-corrected chi connectivity index (χ0v) is 17.3. The monoisotopic (exact) mass is 405 g/mol. The highest BCUT2D eigenvalue weighted by Crippen LogP contribution is 2.33. The first kappa shape index (κ1) is 21.1. The lowest BCUT2D eigenvalue weighted by molar-refractivity contribution is -0.109. The molecule has 1 aromatic carbocycles. The largest absolute Gasteiger partial charge is 0.383 e. The number of amides is 1. The van der Waals surface area contributed by atoms with Crippen LogP contribution in [0.1, 0.15) is 23.7 Å². The number of nitrogens with one attached hydrogen (secondary N) is 3. The Hall–Kier alpha value is -3.61. The minimum Gasteiger partial charge on any atom is -0.383 e. The van der Waals surface area contributed by atoms with Crippen LogP contribution >= 0.6 is 0 Å². The van der Waals surface area contributed by atoms with Crippen molar-refractivity contribution in [2.75, 3.05) is 18.4 Å². The highest BCUT2D eigenvalue weighted by Gasteiger charge is 2.26. The van der Waals surface area contributed by atoms with Gasteiger partial charge in [-0.3, -0.25) is 14.6 Å². The first-order valence-corrected chi connectivity index (χ1v) is 9.87. The van der Waals surface area contributed by atoms with Crippen molar-refractivity contribution in [2.45, 2.75) is 26.3 Å². The van der Waals surface area contributed by atoms with Gasteiger partial charge in [-0.15, -0.1) is 0 Å². The number of dihydropyridines is 1. The van der Waals surface area contributed by atoms with Crippen LogP contribution in [-0.2, 0) is 11.2 Å². The SMILES string of the molecule is C=C1C(CNC=O)=C(c2cc(C)[nH]c(=O)c2NCCc2ccccc2)C(N)=NC1C. The molecule has 7 nitrogen and oxygen atoms in total. The number of pyridine rings is 1. The Morgan fingerprint density at radius 2 is 2.03 bits per heavy atom. The number of hydrogen-bond acceptors (Lipinski definition) is 5. The summed E-state index contributed by atoms with van der Waals surface area (Å²) in [6.45, 7) is 8.68. The maximum absolute atomic E-state index is 12.8. The van der Waals surface area contributed by atoms with E-state index in [2.05, 4.69) is 27.2 Å². The second-order valence-electron chi connectivity index (χ2n) is 7.30.